The molecule has 1 amide bonds. The molecular formula is C24H38N2O2S. The highest BCUT2D eigenvalue weighted by atomic mass is 32.1. The number of ether oxygens (including phenoxy) is 1. The van der Waals surface area contributed by atoms with E-state index in [1.807, 2.05) is 11.3 Å². The van der Waals surface area contributed by atoms with Crippen molar-refractivity contribution in [1.82, 2.24) is 10.2 Å². The summed E-state index contributed by atoms with van der Waals surface area (Å²) in [7, 11) is 0. The Kier molecular flexibility index (Phi) is 6.38. The van der Waals surface area contributed by atoms with Crippen LogP contribution in [0.15, 0.2) is 6.07 Å². The molecule has 5 heteroatoms. The fourth-order valence-electron chi connectivity index (χ4n) is 5.54. The van der Waals surface area contributed by atoms with Crippen molar-refractivity contribution in [2.75, 3.05) is 19.7 Å². The second-order valence-electron chi connectivity index (χ2n) is 9.99. The van der Waals surface area contributed by atoms with Crippen molar-refractivity contribution >= 4 is 17.2 Å². The van der Waals surface area contributed by atoms with Gasteiger partial charge in [0, 0.05) is 47.8 Å². The molecule has 3 aliphatic rings. The predicted molar refractivity (Wildman–Crippen MR) is 119 cm³/mol. The van der Waals surface area contributed by atoms with Crippen LogP contribution in [0.4, 0.5) is 0 Å². The van der Waals surface area contributed by atoms with Crippen LogP contribution in [0.25, 0.3) is 0 Å². The fraction of sp³-hybridized carbons (Fsp3) is 0.792. The first-order valence-electron chi connectivity index (χ1n) is 11.7. The van der Waals surface area contributed by atoms with Gasteiger partial charge in [-0.2, -0.15) is 0 Å². The van der Waals surface area contributed by atoms with Crippen LogP contribution in [-0.2, 0) is 28.0 Å². The number of aryl methyl sites for hydroxylation is 1. The van der Waals surface area contributed by atoms with Gasteiger partial charge in [-0.15, -0.1) is 11.3 Å². The Bertz CT molecular complexity index is 724. The van der Waals surface area contributed by atoms with Gasteiger partial charge >= 0.3 is 0 Å². The Morgan fingerprint density at radius 2 is 2.21 bits per heavy atom. The lowest BCUT2D eigenvalue weighted by Gasteiger charge is -2.49. The molecule has 2 fully saturated rings. The number of piperidine rings is 1. The highest BCUT2D eigenvalue weighted by Gasteiger charge is 2.45. The van der Waals surface area contributed by atoms with Crippen LogP contribution in [0.5, 0.6) is 0 Å². The number of hydrogen-bond acceptors (Lipinski definition) is 4. The van der Waals surface area contributed by atoms with E-state index in [1.165, 1.54) is 17.0 Å². The SMILES string of the molecule is CCc1cc2c(s1)CCO[C@@]21CCN(CC2CC(NC(=O)CC(C)C)C2)[C@@H](C)C1. The zero-order chi connectivity index (χ0) is 20.6. The van der Waals surface area contributed by atoms with Crippen LogP contribution in [0.1, 0.15) is 75.1 Å². The number of likely N-dealkylation sites (tertiary alicyclic amines) is 1. The van der Waals surface area contributed by atoms with Crippen LogP contribution in [0.2, 0.25) is 0 Å². The second kappa shape index (κ2) is 8.68. The van der Waals surface area contributed by atoms with Crippen LogP contribution in [0, 0.1) is 11.8 Å². The summed E-state index contributed by atoms with van der Waals surface area (Å²) in [6, 6.07) is 3.40. The minimum atomic E-state index is -0.0413. The molecule has 1 aromatic heterocycles. The van der Waals surface area contributed by atoms with E-state index in [9.17, 15) is 4.79 Å². The molecular weight excluding hydrogens is 380 g/mol. The summed E-state index contributed by atoms with van der Waals surface area (Å²) in [6.45, 7) is 12.0. The Morgan fingerprint density at radius 1 is 1.41 bits per heavy atom. The van der Waals surface area contributed by atoms with Crippen molar-refractivity contribution in [3.63, 3.8) is 0 Å². The van der Waals surface area contributed by atoms with E-state index in [0.29, 0.717) is 24.4 Å². The van der Waals surface area contributed by atoms with Crippen molar-refractivity contribution < 1.29 is 9.53 Å². The third kappa shape index (κ3) is 4.57. The van der Waals surface area contributed by atoms with Crippen molar-refractivity contribution in [2.24, 2.45) is 11.8 Å². The highest BCUT2D eigenvalue weighted by Crippen LogP contribution is 2.46. The Morgan fingerprint density at radius 3 is 2.90 bits per heavy atom. The largest absolute Gasteiger partial charge is 0.370 e. The van der Waals surface area contributed by atoms with Gasteiger partial charge in [0.15, 0.2) is 0 Å². The van der Waals surface area contributed by atoms with E-state index in [-0.39, 0.29) is 11.5 Å². The molecule has 29 heavy (non-hydrogen) atoms. The molecule has 4 nitrogen and oxygen atoms in total. The van der Waals surface area contributed by atoms with E-state index in [4.69, 9.17) is 4.74 Å². The van der Waals surface area contributed by atoms with Gasteiger partial charge in [-0.05, 0) is 62.5 Å². The smallest absolute Gasteiger partial charge is 0.220 e. The molecule has 2 aliphatic heterocycles. The molecule has 1 N–H and O–H groups in total. The van der Waals surface area contributed by atoms with Gasteiger partial charge in [-0.1, -0.05) is 20.8 Å². The molecule has 1 saturated heterocycles. The third-order valence-corrected chi connectivity index (χ3v) is 8.48. The van der Waals surface area contributed by atoms with Crippen LogP contribution in [-0.4, -0.2) is 42.6 Å². The van der Waals surface area contributed by atoms with Crippen LogP contribution >= 0.6 is 11.3 Å². The zero-order valence-corrected chi connectivity index (χ0v) is 19.4. The topological polar surface area (TPSA) is 41.6 Å². The molecule has 3 heterocycles. The molecule has 2 atom stereocenters. The number of nitrogens with zero attached hydrogens (tertiary/aromatic N) is 1. The number of carbonyl (C=O) groups excluding carboxylic acids is 1. The van der Waals surface area contributed by atoms with E-state index < -0.39 is 0 Å². The van der Waals surface area contributed by atoms with Crippen molar-refractivity contribution in [1.29, 1.82) is 0 Å². The van der Waals surface area contributed by atoms with Gasteiger partial charge in [0.25, 0.3) is 0 Å². The van der Waals surface area contributed by atoms with Crippen LogP contribution in [0.3, 0.4) is 0 Å². The second-order valence-corrected chi connectivity index (χ2v) is 11.2. The molecule has 162 valence electrons. The van der Waals surface area contributed by atoms with Crippen molar-refractivity contribution in [2.45, 2.75) is 90.3 Å². The average Bonchev–Trinajstić information content (AvgIpc) is 3.06. The maximum Gasteiger partial charge on any atom is 0.220 e. The summed E-state index contributed by atoms with van der Waals surface area (Å²) < 4.78 is 6.48. The number of hydrogen-bond donors (Lipinski definition) is 1. The molecule has 1 aromatic rings. The molecule has 1 spiro atoms. The number of rotatable bonds is 6. The monoisotopic (exact) mass is 418 g/mol. The average molecular weight is 419 g/mol. The van der Waals surface area contributed by atoms with E-state index >= 15 is 0 Å². The highest BCUT2D eigenvalue weighted by molar-refractivity contribution is 7.12. The third-order valence-electron chi connectivity index (χ3n) is 7.15. The Labute approximate surface area is 180 Å². The van der Waals surface area contributed by atoms with E-state index in [2.05, 4.69) is 44.0 Å². The van der Waals surface area contributed by atoms with Crippen molar-refractivity contribution in [3.05, 3.63) is 21.4 Å². The van der Waals surface area contributed by atoms with Crippen LogP contribution < -0.4 is 5.32 Å². The molecule has 0 aromatic carbocycles. The fourth-order valence-corrected chi connectivity index (χ4v) is 6.72. The van der Waals surface area contributed by atoms with E-state index in [1.54, 1.807) is 4.88 Å². The quantitative estimate of drug-likeness (QED) is 0.739. The summed E-state index contributed by atoms with van der Waals surface area (Å²) in [5.74, 6) is 1.39. The standard InChI is InChI=1S/C24H38N2O2S/c1-5-20-13-21-22(29-20)6-9-28-24(21)7-8-26(17(4)14-24)15-18-11-19(12-18)25-23(27)10-16(2)3/h13,16-19H,5-12,14-15H2,1-4H3,(H,25,27)/t17-,18?,19?,24+/m0/s1. The molecule has 4 rings (SSSR count). The van der Waals surface area contributed by atoms with Gasteiger partial charge in [0.05, 0.1) is 12.2 Å². The number of thiophene rings is 1. The lowest BCUT2D eigenvalue weighted by molar-refractivity contribution is -0.124. The summed E-state index contributed by atoms with van der Waals surface area (Å²) in [5.41, 5.74) is 1.47. The van der Waals surface area contributed by atoms with Gasteiger partial charge in [-0.3, -0.25) is 4.79 Å². The zero-order valence-electron chi connectivity index (χ0n) is 18.6. The summed E-state index contributed by atoms with van der Waals surface area (Å²) in [4.78, 5) is 17.7. The molecule has 0 bridgehead atoms. The lowest BCUT2D eigenvalue weighted by atomic mass is 9.76. The van der Waals surface area contributed by atoms with Gasteiger partial charge < -0.3 is 15.0 Å². The van der Waals surface area contributed by atoms with Crippen molar-refractivity contribution in [3.8, 4) is 0 Å². The first-order chi connectivity index (χ1) is 13.9. The number of amides is 1. The maximum absolute atomic E-state index is 12.0. The molecule has 0 radical (unpaired) electrons. The first-order valence-corrected chi connectivity index (χ1v) is 12.5. The minimum absolute atomic E-state index is 0.0413. The van der Waals surface area contributed by atoms with Gasteiger partial charge in [-0.25, -0.2) is 0 Å². The molecule has 1 saturated carbocycles. The Balaban J connectivity index is 1.29. The first kappa shape index (κ1) is 21.3. The molecule has 0 unspecified atom stereocenters. The summed E-state index contributed by atoms with van der Waals surface area (Å²) in [5, 5.41) is 3.22. The Hall–Kier alpha value is -0.910. The molecule has 1 aliphatic carbocycles. The predicted octanol–water partition coefficient (Wildman–Crippen LogP) is 4.50. The number of nitrogens with one attached hydrogen (secondary N) is 1. The van der Waals surface area contributed by atoms with Gasteiger partial charge in [0.1, 0.15) is 0 Å². The minimum Gasteiger partial charge on any atom is -0.370 e. The number of carbonyl (C=O) groups is 1. The normalized spacial score (nSPS) is 32.2. The summed E-state index contributed by atoms with van der Waals surface area (Å²) >= 11 is 2.01. The number of fused-ring (bicyclic) bond motifs is 2. The maximum atomic E-state index is 12.0. The van der Waals surface area contributed by atoms with Gasteiger partial charge in [0.2, 0.25) is 5.91 Å². The van der Waals surface area contributed by atoms with E-state index in [0.717, 1.165) is 57.6 Å². The lowest BCUT2D eigenvalue weighted by Crippen LogP contribution is -2.54. The summed E-state index contributed by atoms with van der Waals surface area (Å²) in [6.07, 6.45) is 7.38.